The number of nitrogens with zero attached hydrogens (tertiary/aromatic N) is 3. The van der Waals surface area contributed by atoms with E-state index in [-0.39, 0.29) is 6.04 Å². The molecule has 0 radical (unpaired) electrons. The molecule has 0 fully saturated rings. The average Bonchev–Trinajstić information content (AvgIpc) is 2.53. The smallest absolute Gasteiger partial charge is 0.145 e. The van der Waals surface area contributed by atoms with Crippen molar-refractivity contribution in [3.63, 3.8) is 0 Å². The van der Waals surface area contributed by atoms with Gasteiger partial charge in [0.15, 0.2) is 0 Å². The molecule has 0 spiro atoms. The van der Waals surface area contributed by atoms with Crippen molar-refractivity contribution in [3.8, 4) is 0 Å². The minimum atomic E-state index is 0.116. The zero-order valence-corrected chi connectivity index (χ0v) is 13.1. The van der Waals surface area contributed by atoms with E-state index in [4.69, 9.17) is 0 Å². The summed E-state index contributed by atoms with van der Waals surface area (Å²) in [6, 6.07) is 4.37. The molecule has 1 atom stereocenters. The van der Waals surface area contributed by atoms with E-state index in [1.54, 1.807) is 0 Å². The Morgan fingerprint density at radius 3 is 2.38 bits per heavy atom. The summed E-state index contributed by atoms with van der Waals surface area (Å²) < 4.78 is 0. The van der Waals surface area contributed by atoms with Gasteiger partial charge in [0, 0.05) is 30.7 Å². The summed E-state index contributed by atoms with van der Waals surface area (Å²) >= 11 is 0. The molecular weight excluding hydrogens is 260 g/mol. The van der Waals surface area contributed by atoms with Crippen molar-refractivity contribution in [2.75, 3.05) is 6.54 Å². The van der Waals surface area contributed by atoms with Gasteiger partial charge in [-0.15, -0.1) is 0 Å². The highest BCUT2D eigenvalue weighted by Crippen LogP contribution is 2.14. The monoisotopic (exact) mass is 284 g/mol. The van der Waals surface area contributed by atoms with Crippen LogP contribution in [0.4, 0.5) is 0 Å². The third-order valence-electron chi connectivity index (χ3n) is 3.46. The lowest BCUT2D eigenvalue weighted by Gasteiger charge is -2.17. The Hall–Kier alpha value is -1.81. The van der Waals surface area contributed by atoms with Crippen molar-refractivity contribution in [3.05, 3.63) is 53.4 Å². The first-order chi connectivity index (χ1) is 10.2. The van der Waals surface area contributed by atoms with Gasteiger partial charge < -0.3 is 5.32 Å². The Balaban J connectivity index is 2.13. The van der Waals surface area contributed by atoms with Crippen LogP contribution < -0.4 is 5.32 Å². The molecule has 0 amide bonds. The lowest BCUT2D eigenvalue weighted by atomic mass is 10.1. The van der Waals surface area contributed by atoms with Crippen LogP contribution in [0, 0.1) is 6.92 Å². The molecule has 4 heteroatoms. The third kappa shape index (κ3) is 4.60. The second kappa shape index (κ2) is 7.84. The number of pyridine rings is 1. The maximum Gasteiger partial charge on any atom is 0.145 e. The van der Waals surface area contributed by atoms with Gasteiger partial charge in [-0.1, -0.05) is 19.9 Å². The van der Waals surface area contributed by atoms with Gasteiger partial charge in [0.25, 0.3) is 0 Å². The molecule has 0 aromatic carbocycles. The molecule has 0 saturated carbocycles. The van der Waals surface area contributed by atoms with Crippen LogP contribution in [0.2, 0.25) is 0 Å². The molecule has 0 aliphatic carbocycles. The molecule has 2 heterocycles. The fraction of sp³-hybridized carbons (Fsp3) is 0.471. The van der Waals surface area contributed by atoms with Crippen LogP contribution in [0.1, 0.15) is 49.0 Å². The van der Waals surface area contributed by atoms with E-state index in [1.807, 2.05) is 25.5 Å². The molecule has 2 aromatic heterocycles. The molecule has 4 nitrogen and oxygen atoms in total. The van der Waals surface area contributed by atoms with Gasteiger partial charge in [0.1, 0.15) is 5.82 Å². The molecule has 0 aliphatic heterocycles. The molecule has 0 saturated heterocycles. The summed E-state index contributed by atoms with van der Waals surface area (Å²) in [5.74, 6) is 0.843. The van der Waals surface area contributed by atoms with Crippen molar-refractivity contribution in [1.82, 2.24) is 20.3 Å². The van der Waals surface area contributed by atoms with Crippen molar-refractivity contribution in [2.24, 2.45) is 0 Å². The summed E-state index contributed by atoms with van der Waals surface area (Å²) in [6.45, 7) is 7.26. The number of aryl methyl sites for hydroxylation is 2. The van der Waals surface area contributed by atoms with E-state index < -0.39 is 0 Å². The summed E-state index contributed by atoms with van der Waals surface area (Å²) in [5, 5.41) is 3.52. The van der Waals surface area contributed by atoms with Crippen LogP contribution in [0.3, 0.4) is 0 Å². The Kier molecular flexibility index (Phi) is 5.81. The third-order valence-corrected chi connectivity index (χ3v) is 3.46. The van der Waals surface area contributed by atoms with Gasteiger partial charge in [0.2, 0.25) is 0 Å². The van der Waals surface area contributed by atoms with Crippen molar-refractivity contribution < 1.29 is 0 Å². The Labute approximate surface area is 127 Å². The Morgan fingerprint density at radius 2 is 1.81 bits per heavy atom. The molecule has 2 rings (SSSR count). The van der Waals surface area contributed by atoms with Gasteiger partial charge in [-0.2, -0.15) is 0 Å². The number of hydrogen-bond acceptors (Lipinski definition) is 4. The predicted octanol–water partition coefficient (Wildman–Crippen LogP) is 3.03. The molecule has 1 N–H and O–H groups in total. The lowest BCUT2D eigenvalue weighted by Crippen LogP contribution is -2.26. The SMILES string of the molecule is CCCNC(Cc1ccc(CC)cn1)c1ncc(C)cn1. The highest BCUT2D eigenvalue weighted by atomic mass is 15.0. The van der Waals surface area contributed by atoms with Crippen LogP contribution >= 0.6 is 0 Å². The second-order valence-electron chi connectivity index (χ2n) is 5.34. The average molecular weight is 284 g/mol. The normalized spacial score (nSPS) is 12.3. The molecule has 2 aromatic rings. The van der Waals surface area contributed by atoms with E-state index in [0.717, 1.165) is 42.9 Å². The van der Waals surface area contributed by atoms with Crippen LogP contribution in [-0.2, 0) is 12.8 Å². The number of aromatic nitrogens is 3. The second-order valence-corrected chi connectivity index (χ2v) is 5.34. The van der Waals surface area contributed by atoms with Gasteiger partial charge in [-0.25, -0.2) is 9.97 Å². The first kappa shape index (κ1) is 15.6. The first-order valence-electron chi connectivity index (χ1n) is 7.68. The van der Waals surface area contributed by atoms with E-state index >= 15 is 0 Å². The minimum Gasteiger partial charge on any atom is -0.307 e. The van der Waals surface area contributed by atoms with Gasteiger partial charge in [0.05, 0.1) is 6.04 Å². The summed E-state index contributed by atoms with van der Waals surface area (Å²) in [7, 11) is 0. The highest BCUT2D eigenvalue weighted by Gasteiger charge is 2.15. The lowest BCUT2D eigenvalue weighted by molar-refractivity contribution is 0.499. The highest BCUT2D eigenvalue weighted by molar-refractivity contribution is 5.16. The Morgan fingerprint density at radius 1 is 1.05 bits per heavy atom. The number of nitrogens with one attached hydrogen (secondary N) is 1. The first-order valence-corrected chi connectivity index (χ1v) is 7.68. The molecule has 0 aliphatic rings. The topological polar surface area (TPSA) is 50.7 Å². The van der Waals surface area contributed by atoms with Crippen molar-refractivity contribution >= 4 is 0 Å². The maximum atomic E-state index is 4.54. The zero-order valence-electron chi connectivity index (χ0n) is 13.1. The molecular formula is C17H24N4. The van der Waals surface area contributed by atoms with E-state index in [9.17, 15) is 0 Å². The van der Waals surface area contributed by atoms with Gasteiger partial charge in [-0.05, 0) is 43.5 Å². The van der Waals surface area contributed by atoms with Crippen LogP contribution in [-0.4, -0.2) is 21.5 Å². The van der Waals surface area contributed by atoms with Crippen molar-refractivity contribution in [2.45, 2.75) is 46.1 Å². The van der Waals surface area contributed by atoms with Gasteiger partial charge >= 0.3 is 0 Å². The number of rotatable bonds is 7. The standard InChI is InChI=1S/C17H24N4/c1-4-8-18-16(17-20-10-13(3)11-21-17)9-15-7-6-14(5-2)12-19-15/h6-7,10-12,16,18H,4-5,8-9H2,1-3H3. The van der Waals surface area contributed by atoms with E-state index in [0.29, 0.717) is 0 Å². The van der Waals surface area contributed by atoms with Crippen LogP contribution in [0.5, 0.6) is 0 Å². The zero-order chi connectivity index (χ0) is 15.1. The molecule has 0 bridgehead atoms. The Bertz CT molecular complexity index is 534. The van der Waals surface area contributed by atoms with Gasteiger partial charge in [-0.3, -0.25) is 4.98 Å². The maximum absolute atomic E-state index is 4.54. The fourth-order valence-electron chi connectivity index (χ4n) is 2.15. The molecule has 112 valence electrons. The van der Waals surface area contributed by atoms with E-state index in [2.05, 4.69) is 46.2 Å². The summed E-state index contributed by atoms with van der Waals surface area (Å²) in [5.41, 5.74) is 3.42. The molecule has 1 unspecified atom stereocenters. The van der Waals surface area contributed by atoms with E-state index in [1.165, 1.54) is 5.56 Å². The number of hydrogen-bond donors (Lipinski definition) is 1. The quantitative estimate of drug-likeness (QED) is 0.849. The predicted molar refractivity (Wildman–Crippen MR) is 85.1 cm³/mol. The fourth-order valence-corrected chi connectivity index (χ4v) is 2.15. The summed E-state index contributed by atoms with van der Waals surface area (Å²) in [4.78, 5) is 13.5. The minimum absolute atomic E-state index is 0.116. The van der Waals surface area contributed by atoms with Crippen molar-refractivity contribution in [1.29, 1.82) is 0 Å². The largest absolute Gasteiger partial charge is 0.307 e. The summed E-state index contributed by atoms with van der Waals surface area (Å²) in [6.07, 6.45) is 8.62. The molecule has 21 heavy (non-hydrogen) atoms. The van der Waals surface area contributed by atoms with Crippen LogP contribution in [0.15, 0.2) is 30.7 Å². The van der Waals surface area contributed by atoms with Crippen LogP contribution in [0.25, 0.3) is 0 Å².